The number of nitrogens with two attached hydrogens (primary N) is 1. The molecule has 1 saturated heterocycles. The van der Waals surface area contributed by atoms with Crippen molar-refractivity contribution >= 4 is 11.7 Å². The minimum atomic E-state index is 0.0586. The van der Waals surface area contributed by atoms with Crippen LogP contribution in [0.5, 0.6) is 0 Å². The van der Waals surface area contributed by atoms with Gasteiger partial charge in [-0.15, -0.1) is 0 Å². The van der Waals surface area contributed by atoms with Crippen LogP contribution < -0.4 is 11.3 Å². The Labute approximate surface area is 94.6 Å². The summed E-state index contributed by atoms with van der Waals surface area (Å²) in [5.74, 6) is 6.42. The van der Waals surface area contributed by atoms with Gasteiger partial charge in [-0.1, -0.05) is 6.92 Å². The summed E-state index contributed by atoms with van der Waals surface area (Å²) >= 11 is 0. The zero-order chi connectivity index (χ0) is 11.5. The van der Waals surface area contributed by atoms with Gasteiger partial charge in [0, 0.05) is 24.8 Å². The molecule has 0 radical (unpaired) electrons. The predicted molar refractivity (Wildman–Crippen MR) is 61.7 cm³/mol. The lowest BCUT2D eigenvalue weighted by Gasteiger charge is -2.16. The molecule has 1 fully saturated rings. The summed E-state index contributed by atoms with van der Waals surface area (Å²) in [5, 5.41) is 0. The Bertz CT molecular complexity index is 393. The van der Waals surface area contributed by atoms with Crippen molar-refractivity contribution in [2.75, 3.05) is 18.5 Å². The minimum Gasteiger partial charge on any atom is -0.338 e. The maximum Gasteiger partial charge on any atom is 0.254 e. The highest BCUT2D eigenvalue weighted by Gasteiger charge is 2.24. The Balaban J connectivity index is 2.14. The smallest absolute Gasteiger partial charge is 0.254 e. The third kappa shape index (κ3) is 2.14. The molecular formula is C11H16N4O. The van der Waals surface area contributed by atoms with Gasteiger partial charge in [-0.05, 0) is 24.5 Å². The van der Waals surface area contributed by atoms with Gasteiger partial charge in [0.25, 0.3) is 5.91 Å². The molecule has 2 heterocycles. The van der Waals surface area contributed by atoms with E-state index in [0.717, 1.165) is 19.5 Å². The second-order valence-electron chi connectivity index (χ2n) is 4.22. The molecule has 0 saturated carbocycles. The number of likely N-dealkylation sites (tertiary alicyclic amines) is 1. The van der Waals surface area contributed by atoms with Gasteiger partial charge < -0.3 is 10.3 Å². The Morgan fingerprint density at radius 3 is 3.12 bits per heavy atom. The third-order valence-corrected chi connectivity index (χ3v) is 2.87. The Morgan fingerprint density at radius 2 is 2.50 bits per heavy atom. The number of anilines is 1. The molecule has 86 valence electrons. The van der Waals surface area contributed by atoms with E-state index in [4.69, 9.17) is 5.84 Å². The number of amides is 1. The Hall–Kier alpha value is -1.62. The van der Waals surface area contributed by atoms with E-state index in [1.54, 1.807) is 18.3 Å². The molecule has 0 bridgehead atoms. The summed E-state index contributed by atoms with van der Waals surface area (Å²) in [6.45, 7) is 3.84. The molecule has 3 N–H and O–H groups in total. The SMILES string of the molecule is CC1CCN(C(=O)c2ccnc(NN)c2)C1. The van der Waals surface area contributed by atoms with Crippen LogP contribution in [0.25, 0.3) is 0 Å². The summed E-state index contributed by atoms with van der Waals surface area (Å²) in [5.41, 5.74) is 3.08. The lowest BCUT2D eigenvalue weighted by molar-refractivity contribution is 0.0788. The summed E-state index contributed by atoms with van der Waals surface area (Å²) in [6.07, 6.45) is 2.67. The largest absolute Gasteiger partial charge is 0.338 e. The van der Waals surface area contributed by atoms with E-state index in [1.165, 1.54) is 0 Å². The van der Waals surface area contributed by atoms with Gasteiger partial charge in [-0.2, -0.15) is 0 Å². The highest BCUT2D eigenvalue weighted by Crippen LogP contribution is 2.18. The van der Waals surface area contributed by atoms with Crippen molar-refractivity contribution in [2.24, 2.45) is 11.8 Å². The first-order valence-corrected chi connectivity index (χ1v) is 5.42. The zero-order valence-corrected chi connectivity index (χ0v) is 9.31. The molecule has 1 atom stereocenters. The van der Waals surface area contributed by atoms with Crippen LogP contribution in [0.4, 0.5) is 5.82 Å². The normalized spacial score (nSPS) is 19.9. The topological polar surface area (TPSA) is 71.2 Å². The highest BCUT2D eigenvalue weighted by atomic mass is 16.2. The van der Waals surface area contributed by atoms with E-state index in [9.17, 15) is 4.79 Å². The Kier molecular flexibility index (Phi) is 3.05. The fourth-order valence-corrected chi connectivity index (χ4v) is 1.94. The average molecular weight is 220 g/mol. The van der Waals surface area contributed by atoms with Crippen molar-refractivity contribution in [3.8, 4) is 0 Å². The number of carbonyl (C=O) groups is 1. The molecule has 5 heteroatoms. The molecular weight excluding hydrogens is 204 g/mol. The molecule has 1 aromatic heterocycles. The fraction of sp³-hybridized carbons (Fsp3) is 0.455. The molecule has 0 aliphatic carbocycles. The molecule has 16 heavy (non-hydrogen) atoms. The maximum atomic E-state index is 12.1. The quantitative estimate of drug-likeness (QED) is 0.572. The standard InChI is InChI=1S/C11H16N4O/c1-8-3-5-15(7-8)11(16)9-2-4-13-10(6-9)14-12/h2,4,6,8H,3,5,7,12H2,1H3,(H,13,14). The van der Waals surface area contributed by atoms with Crippen molar-refractivity contribution < 1.29 is 4.79 Å². The lowest BCUT2D eigenvalue weighted by atomic mass is 10.2. The predicted octanol–water partition coefficient (Wildman–Crippen LogP) is 0.849. The number of nitrogens with zero attached hydrogens (tertiary/aromatic N) is 2. The van der Waals surface area contributed by atoms with Crippen LogP contribution in [0.2, 0.25) is 0 Å². The number of aromatic nitrogens is 1. The maximum absolute atomic E-state index is 12.1. The van der Waals surface area contributed by atoms with Crippen LogP contribution >= 0.6 is 0 Å². The average Bonchev–Trinajstić information content (AvgIpc) is 2.75. The molecule has 1 aliphatic heterocycles. The van der Waals surface area contributed by atoms with E-state index in [-0.39, 0.29) is 5.91 Å². The molecule has 1 unspecified atom stereocenters. The minimum absolute atomic E-state index is 0.0586. The van der Waals surface area contributed by atoms with E-state index < -0.39 is 0 Å². The van der Waals surface area contributed by atoms with E-state index in [0.29, 0.717) is 17.3 Å². The molecule has 5 nitrogen and oxygen atoms in total. The van der Waals surface area contributed by atoms with Crippen molar-refractivity contribution in [3.63, 3.8) is 0 Å². The van der Waals surface area contributed by atoms with Crippen LogP contribution in [-0.2, 0) is 0 Å². The number of hydrogen-bond donors (Lipinski definition) is 2. The van der Waals surface area contributed by atoms with Gasteiger partial charge >= 0.3 is 0 Å². The van der Waals surface area contributed by atoms with Gasteiger partial charge in [-0.25, -0.2) is 10.8 Å². The van der Waals surface area contributed by atoms with E-state index >= 15 is 0 Å². The molecule has 0 aromatic carbocycles. The zero-order valence-electron chi connectivity index (χ0n) is 9.31. The van der Waals surface area contributed by atoms with Gasteiger partial charge in [-0.3, -0.25) is 4.79 Å². The second-order valence-corrected chi connectivity index (χ2v) is 4.22. The summed E-state index contributed by atoms with van der Waals surface area (Å²) < 4.78 is 0. The monoisotopic (exact) mass is 220 g/mol. The molecule has 1 aliphatic rings. The second kappa shape index (κ2) is 4.49. The van der Waals surface area contributed by atoms with Gasteiger partial charge in [0.2, 0.25) is 0 Å². The van der Waals surface area contributed by atoms with Gasteiger partial charge in [0.1, 0.15) is 5.82 Å². The number of nitrogens with one attached hydrogen (secondary N) is 1. The lowest BCUT2D eigenvalue weighted by Crippen LogP contribution is -2.28. The van der Waals surface area contributed by atoms with Crippen molar-refractivity contribution in [2.45, 2.75) is 13.3 Å². The first kappa shape index (κ1) is 10.9. The molecule has 1 amide bonds. The molecule has 2 rings (SSSR count). The van der Waals surface area contributed by atoms with Crippen molar-refractivity contribution in [3.05, 3.63) is 23.9 Å². The summed E-state index contributed by atoms with van der Waals surface area (Å²) in [7, 11) is 0. The third-order valence-electron chi connectivity index (χ3n) is 2.87. The van der Waals surface area contributed by atoms with E-state index in [2.05, 4.69) is 17.3 Å². The van der Waals surface area contributed by atoms with Crippen LogP contribution in [0, 0.1) is 5.92 Å². The van der Waals surface area contributed by atoms with Crippen LogP contribution in [0.1, 0.15) is 23.7 Å². The number of pyridine rings is 1. The molecule has 1 aromatic rings. The number of hydrazine groups is 1. The highest BCUT2D eigenvalue weighted by molar-refractivity contribution is 5.95. The van der Waals surface area contributed by atoms with Gasteiger partial charge in [0.15, 0.2) is 0 Å². The fourth-order valence-electron chi connectivity index (χ4n) is 1.94. The summed E-state index contributed by atoms with van der Waals surface area (Å²) in [6, 6.07) is 3.39. The molecule has 0 spiro atoms. The van der Waals surface area contributed by atoms with Crippen molar-refractivity contribution in [1.29, 1.82) is 0 Å². The van der Waals surface area contributed by atoms with Crippen LogP contribution in [-0.4, -0.2) is 28.9 Å². The Morgan fingerprint density at radius 1 is 1.69 bits per heavy atom. The number of nitrogen functional groups attached to an aromatic ring is 1. The van der Waals surface area contributed by atoms with E-state index in [1.807, 2.05) is 4.90 Å². The number of carbonyl (C=O) groups excluding carboxylic acids is 1. The van der Waals surface area contributed by atoms with Gasteiger partial charge in [0.05, 0.1) is 0 Å². The first-order chi connectivity index (χ1) is 7.70. The summed E-state index contributed by atoms with van der Waals surface area (Å²) in [4.78, 5) is 17.9. The van der Waals surface area contributed by atoms with Crippen LogP contribution in [0.3, 0.4) is 0 Å². The number of rotatable bonds is 2. The number of hydrogen-bond acceptors (Lipinski definition) is 4. The first-order valence-electron chi connectivity index (χ1n) is 5.42. The van der Waals surface area contributed by atoms with Crippen molar-refractivity contribution in [1.82, 2.24) is 9.88 Å². The van der Waals surface area contributed by atoms with Crippen LogP contribution in [0.15, 0.2) is 18.3 Å².